The number of unbranched alkanes of at least 4 members (excludes halogenated alkanes) is 2. The molecule has 0 spiro atoms. The summed E-state index contributed by atoms with van der Waals surface area (Å²) in [4.78, 5) is 10.5. The summed E-state index contributed by atoms with van der Waals surface area (Å²) in [7, 11) is 0. The van der Waals surface area contributed by atoms with Crippen LogP contribution in [0.5, 0.6) is 23.0 Å². The first-order chi connectivity index (χ1) is 20.1. The second kappa shape index (κ2) is 13.3. The van der Waals surface area contributed by atoms with Gasteiger partial charge in [0.05, 0.1) is 20.5 Å². The first-order valence-corrected chi connectivity index (χ1v) is 13.8. The van der Waals surface area contributed by atoms with Gasteiger partial charge in [-0.15, -0.1) is 0 Å². The maximum atomic E-state index is 11.0. The number of nitro groups is 1. The monoisotopic (exact) mass is 601 g/mol. The predicted molar refractivity (Wildman–Crippen MR) is 165 cm³/mol. The second-order valence-electron chi connectivity index (χ2n) is 9.00. The summed E-state index contributed by atoms with van der Waals surface area (Å²) < 4.78 is 13.1. The Morgan fingerprint density at radius 1 is 0.683 bits per heavy atom. The van der Waals surface area contributed by atoms with Crippen LogP contribution in [0, 0.1) is 33.8 Å². The Hall–Kier alpha value is -5.04. The molecule has 0 fully saturated rings. The van der Waals surface area contributed by atoms with Crippen LogP contribution in [0.2, 0.25) is 0 Å². The van der Waals surface area contributed by atoms with E-state index in [4.69, 9.17) is 9.47 Å². The molecule has 0 saturated carbocycles. The standard InChI is InChI=1S/C35H24BrNO4/c36-32-17-9-11-19-35(32)41-33-18-10-7-14-27(33)13-4-2-1-3-5-16-31-30-15-8-6-12-26(30)20-25-34(31)40-29-23-21-28(22-24-29)37(38)39/h6-12,14-15,17-25H,1-3H2. The van der Waals surface area contributed by atoms with E-state index in [-0.39, 0.29) is 5.69 Å². The lowest BCUT2D eigenvalue weighted by molar-refractivity contribution is -0.384. The molecule has 0 aliphatic rings. The third kappa shape index (κ3) is 7.13. The van der Waals surface area contributed by atoms with Gasteiger partial charge in [0, 0.05) is 30.4 Å². The van der Waals surface area contributed by atoms with Crippen LogP contribution in [-0.4, -0.2) is 4.92 Å². The van der Waals surface area contributed by atoms with Crippen LogP contribution < -0.4 is 9.47 Å². The molecule has 5 aromatic rings. The fourth-order valence-corrected chi connectivity index (χ4v) is 4.47. The molecule has 0 saturated heterocycles. The van der Waals surface area contributed by atoms with E-state index in [0.717, 1.165) is 38.5 Å². The number of nitrogens with zero attached hydrogens (tertiary/aromatic N) is 1. The van der Waals surface area contributed by atoms with E-state index in [1.807, 2.05) is 84.9 Å². The third-order valence-corrected chi connectivity index (χ3v) is 6.80. The molecule has 0 unspecified atom stereocenters. The van der Waals surface area contributed by atoms with E-state index in [1.54, 1.807) is 12.1 Å². The van der Waals surface area contributed by atoms with Crippen molar-refractivity contribution in [1.29, 1.82) is 0 Å². The van der Waals surface area contributed by atoms with Gasteiger partial charge >= 0.3 is 0 Å². The summed E-state index contributed by atoms with van der Waals surface area (Å²) in [6, 6.07) is 33.3. The van der Waals surface area contributed by atoms with Gasteiger partial charge in [0.25, 0.3) is 5.69 Å². The summed E-state index contributed by atoms with van der Waals surface area (Å²) in [5, 5.41) is 13.0. The van der Waals surface area contributed by atoms with Gasteiger partial charge in [0.2, 0.25) is 0 Å². The molecule has 0 radical (unpaired) electrons. The molecule has 0 heterocycles. The topological polar surface area (TPSA) is 61.6 Å². The lowest BCUT2D eigenvalue weighted by Gasteiger charge is -2.10. The molecule has 5 aromatic carbocycles. The Bertz CT molecular complexity index is 1830. The minimum Gasteiger partial charge on any atom is -0.456 e. The van der Waals surface area contributed by atoms with Gasteiger partial charge in [0.1, 0.15) is 23.0 Å². The van der Waals surface area contributed by atoms with Crippen LogP contribution in [-0.2, 0) is 0 Å². The van der Waals surface area contributed by atoms with Crippen LogP contribution >= 0.6 is 15.9 Å². The molecular weight excluding hydrogens is 578 g/mol. The Labute approximate surface area is 247 Å². The molecule has 0 amide bonds. The molecule has 0 aliphatic carbocycles. The average Bonchev–Trinajstić information content (AvgIpc) is 2.99. The number of para-hydroxylation sites is 2. The van der Waals surface area contributed by atoms with E-state index in [9.17, 15) is 10.1 Å². The van der Waals surface area contributed by atoms with Crippen molar-refractivity contribution in [2.45, 2.75) is 19.3 Å². The van der Waals surface area contributed by atoms with E-state index in [2.05, 4.69) is 39.6 Å². The Morgan fingerprint density at radius 2 is 1.37 bits per heavy atom. The average molecular weight is 602 g/mol. The Kier molecular flexibility index (Phi) is 8.96. The summed E-state index contributed by atoms with van der Waals surface area (Å²) in [5.41, 5.74) is 1.63. The summed E-state index contributed by atoms with van der Waals surface area (Å²) in [6.07, 6.45) is 2.18. The molecule has 0 atom stereocenters. The van der Waals surface area contributed by atoms with Crippen LogP contribution in [0.3, 0.4) is 0 Å². The van der Waals surface area contributed by atoms with E-state index < -0.39 is 4.92 Å². The Morgan fingerprint density at radius 3 is 2.15 bits per heavy atom. The predicted octanol–water partition coefficient (Wildman–Crippen LogP) is 9.67. The van der Waals surface area contributed by atoms with Crippen molar-refractivity contribution in [2.75, 3.05) is 0 Å². The summed E-state index contributed by atoms with van der Waals surface area (Å²) in [6.45, 7) is 0. The highest BCUT2D eigenvalue weighted by molar-refractivity contribution is 9.10. The van der Waals surface area contributed by atoms with Crippen LogP contribution in [0.15, 0.2) is 114 Å². The first kappa shape index (κ1) is 27.5. The molecule has 0 aromatic heterocycles. The number of hydrogen-bond donors (Lipinski definition) is 0. The van der Waals surface area contributed by atoms with Crippen LogP contribution in [0.4, 0.5) is 5.69 Å². The molecule has 0 bridgehead atoms. The van der Waals surface area contributed by atoms with Crippen molar-refractivity contribution in [3.05, 3.63) is 135 Å². The quantitative estimate of drug-likeness (QED) is 0.0806. The zero-order valence-corrected chi connectivity index (χ0v) is 23.6. The highest BCUT2D eigenvalue weighted by Crippen LogP contribution is 2.32. The molecular formula is C35H24BrNO4. The summed E-state index contributed by atoms with van der Waals surface area (Å²) >= 11 is 3.52. The zero-order valence-electron chi connectivity index (χ0n) is 22.0. The third-order valence-electron chi connectivity index (χ3n) is 6.15. The minimum atomic E-state index is -0.433. The molecule has 6 heteroatoms. The smallest absolute Gasteiger partial charge is 0.269 e. The van der Waals surface area contributed by atoms with E-state index in [1.165, 1.54) is 12.1 Å². The van der Waals surface area contributed by atoms with Gasteiger partial charge < -0.3 is 9.47 Å². The molecule has 5 nitrogen and oxygen atoms in total. The van der Waals surface area contributed by atoms with Gasteiger partial charge in [-0.05, 0) is 70.2 Å². The number of hydrogen-bond acceptors (Lipinski definition) is 4. The molecule has 5 rings (SSSR count). The Balaban J connectivity index is 1.26. The van der Waals surface area contributed by atoms with Gasteiger partial charge in [-0.25, -0.2) is 0 Å². The maximum Gasteiger partial charge on any atom is 0.269 e. The second-order valence-corrected chi connectivity index (χ2v) is 9.85. The largest absolute Gasteiger partial charge is 0.456 e. The fraction of sp³-hybridized carbons (Fsp3) is 0.0857. The number of fused-ring (bicyclic) bond motifs is 1. The highest BCUT2D eigenvalue weighted by Gasteiger charge is 2.10. The van der Waals surface area contributed by atoms with E-state index in [0.29, 0.717) is 30.1 Å². The van der Waals surface area contributed by atoms with Gasteiger partial charge in [-0.1, -0.05) is 78.3 Å². The van der Waals surface area contributed by atoms with E-state index >= 15 is 0 Å². The van der Waals surface area contributed by atoms with Gasteiger partial charge in [-0.2, -0.15) is 0 Å². The van der Waals surface area contributed by atoms with Gasteiger partial charge in [0.15, 0.2) is 0 Å². The maximum absolute atomic E-state index is 11.0. The molecule has 0 N–H and O–H groups in total. The van der Waals surface area contributed by atoms with Gasteiger partial charge in [-0.3, -0.25) is 10.1 Å². The first-order valence-electron chi connectivity index (χ1n) is 13.0. The normalized spacial score (nSPS) is 10.2. The highest BCUT2D eigenvalue weighted by atomic mass is 79.9. The SMILES string of the molecule is O=[N+]([O-])c1ccc(Oc2ccc3ccccc3c2C#CCCCC#Cc2ccccc2Oc2ccccc2Br)cc1. The van der Waals surface area contributed by atoms with Crippen molar-refractivity contribution in [3.63, 3.8) is 0 Å². The van der Waals surface area contributed by atoms with Crippen molar-refractivity contribution in [1.82, 2.24) is 0 Å². The van der Waals surface area contributed by atoms with Crippen molar-refractivity contribution in [3.8, 4) is 46.7 Å². The molecule has 200 valence electrons. The number of rotatable bonds is 7. The zero-order chi connectivity index (χ0) is 28.4. The van der Waals surface area contributed by atoms with Crippen LogP contribution in [0.25, 0.3) is 10.8 Å². The van der Waals surface area contributed by atoms with Crippen LogP contribution in [0.1, 0.15) is 30.4 Å². The van der Waals surface area contributed by atoms with Crippen molar-refractivity contribution in [2.24, 2.45) is 0 Å². The lowest BCUT2D eigenvalue weighted by atomic mass is 10.0. The number of ether oxygens (including phenoxy) is 2. The number of halogens is 1. The number of nitro benzene ring substituents is 1. The van der Waals surface area contributed by atoms with Crippen molar-refractivity contribution >= 4 is 32.4 Å². The summed E-state index contributed by atoms with van der Waals surface area (Å²) in [5.74, 6) is 15.6. The molecule has 0 aliphatic heterocycles. The minimum absolute atomic E-state index is 0.0132. The number of non-ortho nitro benzene ring substituents is 1. The molecule has 41 heavy (non-hydrogen) atoms. The van der Waals surface area contributed by atoms with Crippen molar-refractivity contribution < 1.29 is 14.4 Å². The lowest BCUT2D eigenvalue weighted by Crippen LogP contribution is -1.91. The fourth-order valence-electron chi connectivity index (χ4n) is 4.11. The number of benzene rings is 5.